The van der Waals surface area contributed by atoms with Crippen LogP contribution in [-0.4, -0.2) is 30.7 Å². The fourth-order valence-electron chi connectivity index (χ4n) is 2.38. The Balaban J connectivity index is 1.89. The standard InChI is InChI=1S/C15H22N2O2/c18-11-4-1-8-15(19)16-13-6-5-7-14(12-13)17-9-2-3-10-17/h5-7,12,18H,1-4,8-11H2,(H,16,19). The van der Waals surface area contributed by atoms with Crippen molar-refractivity contribution in [3.63, 3.8) is 0 Å². The Kier molecular flexibility index (Phi) is 5.21. The molecule has 1 aromatic rings. The first-order chi connectivity index (χ1) is 9.29. The second-order valence-electron chi connectivity index (χ2n) is 4.97. The lowest BCUT2D eigenvalue weighted by molar-refractivity contribution is -0.116. The number of anilines is 2. The van der Waals surface area contributed by atoms with Gasteiger partial charge in [0.1, 0.15) is 0 Å². The predicted octanol–water partition coefficient (Wildman–Crippen LogP) is 2.39. The van der Waals surface area contributed by atoms with Crippen LogP contribution in [0.3, 0.4) is 0 Å². The van der Waals surface area contributed by atoms with E-state index in [-0.39, 0.29) is 12.5 Å². The van der Waals surface area contributed by atoms with Crippen LogP contribution in [0.15, 0.2) is 24.3 Å². The SMILES string of the molecule is O=C(CCCCO)Nc1cccc(N2CCCC2)c1. The number of unbranched alkanes of at least 4 members (excludes halogenated alkanes) is 1. The highest BCUT2D eigenvalue weighted by atomic mass is 16.2. The third-order valence-corrected chi connectivity index (χ3v) is 3.41. The lowest BCUT2D eigenvalue weighted by atomic mass is 10.2. The molecule has 1 saturated heterocycles. The molecular formula is C15H22N2O2. The molecular weight excluding hydrogens is 240 g/mol. The highest BCUT2D eigenvalue weighted by Crippen LogP contribution is 2.23. The van der Waals surface area contributed by atoms with Crippen LogP contribution in [0.4, 0.5) is 11.4 Å². The zero-order chi connectivity index (χ0) is 13.5. The predicted molar refractivity (Wildman–Crippen MR) is 77.5 cm³/mol. The maximum Gasteiger partial charge on any atom is 0.224 e. The summed E-state index contributed by atoms with van der Waals surface area (Å²) in [6.45, 7) is 2.36. The molecule has 4 heteroatoms. The first-order valence-electron chi connectivity index (χ1n) is 7.05. The van der Waals surface area contributed by atoms with Gasteiger partial charge >= 0.3 is 0 Å². The van der Waals surface area contributed by atoms with Crippen molar-refractivity contribution in [2.24, 2.45) is 0 Å². The van der Waals surface area contributed by atoms with E-state index in [4.69, 9.17) is 5.11 Å². The summed E-state index contributed by atoms with van der Waals surface area (Å²) in [7, 11) is 0. The van der Waals surface area contributed by atoms with Crippen LogP contribution in [0.1, 0.15) is 32.1 Å². The van der Waals surface area contributed by atoms with Gasteiger partial charge in [-0.25, -0.2) is 0 Å². The second kappa shape index (κ2) is 7.14. The van der Waals surface area contributed by atoms with Crippen LogP contribution in [0.5, 0.6) is 0 Å². The number of nitrogens with zero attached hydrogens (tertiary/aromatic N) is 1. The van der Waals surface area contributed by atoms with Gasteiger partial charge in [0.25, 0.3) is 0 Å². The number of carbonyl (C=O) groups excluding carboxylic acids is 1. The number of aliphatic hydroxyl groups excluding tert-OH is 1. The third kappa shape index (κ3) is 4.24. The molecule has 1 heterocycles. The molecule has 0 aromatic heterocycles. The van der Waals surface area contributed by atoms with E-state index in [0.717, 1.165) is 25.2 Å². The topological polar surface area (TPSA) is 52.6 Å². The number of nitrogens with one attached hydrogen (secondary N) is 1. The van der Waals surface area contributed by atoms with Gasteiger partial charge in [0.05, 0.1) is 0 Å². The molecule has 0 unspecified atom stereocenters. The molecule has 0 saturated carbocycles. The normalized spacial score (nSPS) is 14.7. The summed E-state index contributed by atoms with van der Waals surface area (Å²) in [4.78, 5) is 14.1. The van der Waals surface area contributed by atoms with Gasteiger partial charge in [-0.05, 0) is 43.9 Å². The fourth-order valence-corrected chi connectivity index (χ4v) is 2.38. The van der Waals surface area contributed by atoms with Gasteiger partial charge < -0.3 is 15.3 Å². The Hall–Kier alpha value is -1.55. The van der Waals surface area contributed by atoms with Crippen molar-refractivity contribution in [2.45, 2.75) is 32.1 Å². The Morgan fingerprint density at radius 3 is 2.79 bits per heavy atom. The monoisotopic (exact) mass is 262 g/mol. The van der Waals surface area contributed by atoms with Gasteiger partial charge in [-0.15, -0.1) is 0 Å². The van der Waals surface area contributed by atoms with E-state index in [9.17, 15) is 4.79 Å². The molecule has 1 aromatic carbocycles. The molecule has 1 aliphatic heterocycles. The molecule has 0 radical (unpaired) electrons. The summed E-state index contributed by atoms with van der Waals surface area (Å²) in [6, 6.07) is 8.03. The summed E-state index contributed by atoms with van der Waals surface area (Å²) in [6.07, 6.45) is 4.37. The summed E-state index contributed by atoms with van der Waals surface area (Å²) in [5, 5.41) is 11.6. The minimum Gasteiger partial charge on any atom is -0.396 e. The van der Waals surface area contributed by atoms with Crippen molar-refractivity contribution in [3.05, 3.63) is 24.3 Å². The number of hydrogen-bond donors (Lipinski definition) is 2. The summed E-state index contributed by atoms with van der Waals surface area (Å²) in [5.41, 5.74) is 2.05. The lowest BCUT2D eigenvalue weighted by Gasteiger charge is -2.18. The van der Waals surface area contributed by atoms with Crippen LogP contribution in [0.2, 0.25) is 0 Å². The van der Waals surface area contributed by atoms with E-state index in [1.54, 1.807) is 0 Å². The molecule has 4 nitrogen and oxygen atoms in total. The first-order valence-corrected chi connectivity index (χ1v) is 7.05. The van der Waals surface area contributed by atoms with Crippen molar-refractivity contribution in [1.82, 2.24) is 0 Å². The zero-order valence-electron chi connectivity index (χ0n) is 11.3. The molecule has 1 amide bonds. The summed E-state index contributed by atoms with van der Waals surface area (Å²) >= 11 is 0. The maximum absolute atomic E-state index is 11.7. The smallest absolute Gasteiger partial charge is 0.224 e. The Morgan fingerprint density at radius 1 is 1.26 bits per heavy atom. The molecule has 0 bridgehead atoms. The largest absolute Gasteiger partial charge is 0.396 e. The fraction of sp³-hybridized carbons (Fsp3) is 0.533. The van der Waals surface area contributed by atoms with E-state index >= 15 is 0 Å². The van der Waals surface area contributed by atoms with E-state index in [1.165, 1.54) is 18.5 Å². The zero-order valence-corrected chi connectivity index (χ0v) is 11.3. The Bertz CT molecular complexity index is 414. The van der Waals surface area contributed by atoms with Gasteiger partial charge in [-0.2, -0.15) is 0 Å². The molecule has 2 rings (SSSR count). The first kappa shape index (κ1) is 13.9. The lowest BCUT2D eigenvalue weighted by Crippen LogP contribution is -2.18. The summed E-state index contributed by atoms with van der Waals surface area (Å²) < 4.78 is 0. The van der Waals surface area contributed by atoms with Crippen LogP contribution in [0.25, 0.3) is 0 Å². The van der Waals surface area contributed by atoms with E-state index < -0.39 is 0 Å². The van der Waals surface area contributed by atoms with Crippen molar-refractivity contribution in [2.75, 3.05) is 29.9 Å². The molecule has 19 heavy (non-hydrogen) atoms. The minimum atomic E-state index is 0.0204. The third-order valence-electron chi connectivity index (χ3n) is 3.41. The van der Waals surface area contributed by atoms with E-state index in [1.807, 2.05) is 18.2 Å². The van der Waals surface area contributed by atoms with Gasteiger partial charge in [-0.1, -0.05) is 6.07 Å². The Morgan fingerprint density at radius 2 is 2.05 bits per heavy atom. The number of hydrogen-bond acceptors (Lipinski definition) is 3. The highest BCUT2D eigenvalue weighted by Gasteiger charge is 2.12. The molecule has 0 atom stereocenters. The van der Waals surface area contributed by atoms with Crippen LogP contribution in [-0.2, 0) is 4.79 Å². The molecule has 0 aliphatic carbocycles. The maximum atomic E-state index is 11.7. The van der Waals surface area contributed by atoms with Crippen molar-refractivity contribution in [1.29, 1.82) is 0 Å². The molecule has 1 fully saturated rings. The number of aliphatic hydroxyl groups is 1. The number of benzene rings is 1. The van der Waals surface area contributed by atoms with Crippen molar-refractivity contribution >= 4 is 17.3 Å². The molecule has 104 valence electrons. The second-order valence-corrected chi connectivity index (χ2v) is 4.97. The highest BCUT2D eigenvalue weighted by molar-refractivity contribution is 5.91. The van der Waals surface area contributed by atoms with Gasteiger partial charge in [-0.3, -0.25) is 4.79 Å². The van der Waals surface area contributed by atoms with Crippen LogP contribution in [0, 0.1) is 0 Å². The van der Waals surface area contributed by atoms with Crippen LogP contribution >= 0.6 is 0 Å². The van der Waals surface area contributed by atoms with Gasteiger partial charge in [0.2, 0.25) is 5.91 Å². The Labute approximate surface area is 114 Å². The van der Waals surface area contributed by atoms with Gasteiger partial charge in [0, 0.05) is 37.5 Å². The van der Waals surface area contributed by atoms with E-state index in [0.29, 0.717) is 12.8 Å². The molecule has 1 aliphatic rings. The van der Waals surface area contributed by atoms with Crippen molar-refractivity contribution in [3.8, 4) is 0 Å². The van der Waals surface area contributed by atoms with Gasteiger partial charge in [0.15, 0.2) is 0 Å². The van der Waals surface area contributed by atoms with Crippen molar-refractivity contribution < 1.29 is 9.90 Å². The quantitative estimate of drug-likeness (QED) is 0.774. The number of rotatable bonds is 6. The number of amides is 1. The average Bonchev–Trinajstić information content (AvgIpc) is 2.93. The van der Waals surface area contributed by atoms with Crippen LogP contribution < -0.4 is 10.2 Å². The minimum absolute atomic E-state index is 0.0204. The molecule has 2 N–H and O–H groups in total. The van der Waals surface area contributed by atoms with E-state index in [2.05, 4.69) is 16.3 Å². The number of carbonyl (C=O) groups is 1. The summed E-state index contributed by atoms with van der Waals surface area (Å²) in [5.74, 6) is 0.0204. The molecule has 0 spiro atoms. The average molecular weight is 262 g/mol.